The molecule has 0 aliphatic rings. The monoisotopic (exact) mass is 269 g/mol. The number of rotatable bonds is 5. The largest absolute Gasteiger partial charge is 0.492 e. The van der Waals surface area contributed by atoms with Crippen molar-refractivity contribution in [2.45, 2.75) is 11.3 Å². The van der Waals surface area contributed by atoms with Gasteiger partial charge in [-0.3, -0.25) is 0 Å². The summed E-state index contributed by atoms with van der Waals surface area (Å²) >= 11 is 0. The van der Waals surface area contributed by atoms with Crippen LogP contribution in [0.15, 0.2) is 23.1 Å². The molecule has 0 atom stereocenters. The van der Waals surface area contributed by atoms with E-state index in [-0.39, 0.29) is 22.8 Å². The predicted molar refractivity (Wildman–Crippen MR) is 63.7 cm³/mol. The molecule has 7 heteroatoms. The van der Waals surface area contributed by atoms with Crippen molar-refractivity contribution in [3.8, 4) is 18.1 Å². The first-order valence-electron chi connectivity index (χ1n) is 4.82. The van der Waals surface area contributed by atoms with E-state index in [9.17, 15) is 13.2 Å². The van der Waals surface area contributed by atoms with Crippen molar-refractivity contribution in [3.63, 3.8) is 0 Å². The maximum absolute atomic E-state index is 11.1. The highest BCUT2D eigenvalue weighted by molar-refractivity contribution is 7.89. The smallest absolute Gasteiger partial charge is 0.339 e. The predicted octanol–water partition coefficient (Wildman–Crippen LogP) is 0.434. The molecule has 1 aromatic rings. The van der Waals surface area contributed by atoms with Gasteiger partial charge in [0.25, 0.3) is 0 Å². The fraction of sp³-hybridized carbons (Fsp3) is 0.182. The number of ether oxygens (including phenoxy) is 1. The lowest BCUT2D eigenvalue weighted by Crippen LogP contribution is -2.14. The summed E-state index contributed by atoms with van der Waals surface area (Å²) in [5.41, 5.74) is -0.279. The van der Waals surface area contributed by atoms with Crippen molar-refractivity contribution in [1.29, 1.82) is 0 Å². The van der Waals surface area contributed by atoms with Crippen LogP contribution in [0.3, 0.4) is 0 Å². The fourth-order valence-electron chi connectivity index (χ4n) is 1.20. The number of carboxylic acids is 1. The first-order valence-corrected chi connectivity index (χ1v) is 6.37. The number of terminal acetylenes is 1. The molecule has 96 valence electrons. The highest BCUT2D eigenvalue weighted by atomic mass is 32.2. The van der Waals surface area contributed by atoms with E-state index in [1.54, 1.807) is 0 Å². The molecule has 0 heterocycles. The van der Waals surface area contributed by atoms with Crippen LogP contribution in [0.1, 0.15) is 16.8 Å². The lowest BCUT2D eigenvalue weighted by molar-refractivity contribution is 0.0692. The Hall–Kier alpha value is -2.04. The minimum Gasteiger partial charge on any atom is -0.492 e. The van der Waals surface area contributed by atoms with Gasteiger partial charge in [0.05, 0.1) is 11.5 Å². The first-order chi connectivity index (χ1) is 8.36. The molecule has 6 nitrogen and oxygen atoms in total. The van der Waals surface area contributed by atoms with Gasteiger partial charge in [-0.05, 0) is 18.2 Å². The van der Waals surface area contributed by atoms with Gasteiger partial charge in [-0.1, -0.05) is 0 Å². The van der Waals surface area contributed by atoms with E-state index >= 15 is 0 Å². The van der Waals surface area contributed by atoms with Gasteiger partial charge in [0.15, 0.2) is 0 Å². The van der Waals surface area contributed by atoms with Gasteiger partial charge in [0.2, 0.25) is 10.0 Å². The molecular weight excluding hydrogens is 258 g/mol. The first kappa shape index (κ1) is 14.0. The Balaban J connectivity index is 3.14. The molecule has 0 amide bonds. The molecule has 0 radical (unpaired) electrons. The van der Waals surface area contributed by atoms with Crippen molar-refractivity contribution < 1.29 is 23.1 Å². The Bertz CT molecular complexity index is 600. The number of primary sulfonamides is 1. The molecule has 3 N–H and O–H groups in total. The Labute approximate surface area is 104 Å². The number of hydrogen-bond acceptors (Lipinski definition) is 4. The van der Waals surface area contributed by atoms with Gasteiger partial charge in [-0.25, -0.2) is 18.4 Å². The number of carbonyl (C=O) groups is 1. The molecule has 0 saturated carbocycles. The SMILES string of the molecule is C#CCCOc1ccc(S(N)(=O)=O)cc1C(=O)O. The van der Waals surface area contributed by atoms with Crippen molar-refractivity contribution in [3.05, 3.63) is 23.8 Å². The van der Waals surface area contributed by atoms with Crippen LogP contribution in [-0.2, 0) is 10.0 Å². The summed E-state index contributed by atoms with van der Waals surface area (Å²) in [6, 6.07) is 3.36. The minimum absolute atomic E-state index is 0.0464. The van der Waals surface area contributed by atoms with E-state index in [0.717, 1.165) is 6.07 Å². The molecule has 0 saturated heterocycles. The molecular formula is C11H11NO5S. The van der Waals surface area contributed by atoms with Gasteiger partial charge in [0, 0.05) is 6.42 Å². The highest BCUT2D eigenvalue weighted by Crippen LogP contribution is 2.22. The zero-order valence-electron chi connectivity index (χ0n) is 9.29. The Morgan fingerprint density at radius 3 is 2.67 bits per heavy atom. The number of sulfonamides is 1. The third-order valence-corrected chi connectivity index (χ3v) is 2.92. The lowest BCUT2D eigenvalue weighted by Gasteiger charge is -2.09. The van der Waals surface area contributed by atoms with Crippen LogP contribution in [0.4, 0.5) is 0 Å². The lowest BCUT2D eigenvalue weighted by atomic mass is 10.2. The zero-order valence-corrected chi connectivity index (χ0v) is 10.1. The van der Waals surface area contributed by atoms with Crippen molar-refractivity contribution >= 4 is 16.0 Å². The number of nitrogens with two attached hydrogens (primary N) is 1. The second-order valence-corrected chi connectivity index (χ2v) is 4.87. The average molecular weight is 269 g/mol. The van der Waals surface area contributed by atoms with Gasteiger partial charge < -0.3 is 9.84 Å². The second-order valence-electron chi connectivity index (χ2n) is 3.31. The third-order valence-electron chi connectivity index (χ3n) is 2.01. The van der Waals surface area contributed by atoms with E-state index < -0.39 is 16.0 Å². The molecule has 0 unspecified atom stereocenters. The summed E-state index contributed by atoms with van der Waals surface area (Å²) in [6.07, 6.45) is 5.35. The van der Waals surface area contributed by atoms with Crippen LogP contribution in [0.25, 0.3) is 0 Å². The number of benzene rings is 1. The maximum Gasteiger partial charge on any atom is 0.339 e. The minimum atomic E-state index is -3.95. The van der Waals surface area contributed by atoms with Crippen LogP contribution in [0.2, 0.25) is 0 Å². The molecule has 0 aliphatic heterocycles. The third kappa shape index (κ3) is 3.48. The molecule has 0 aromatic heterocycles. The molecule has 0 aliphatic carbocycles. The Kier molecular flexibility index (Phi) is 4.31. The molecule has 1 aromatic carbocycles. The fourth-order valence-corrected chi connectivity index (χ4v) is 1.74. The number of hydrogen-bond donors (Lipinski definition) is 2. The van der Waals surface area contributed by atoms with Gasteiger partial charge in [0.1, 0.15) is 11.3 Å². The highest BCUT2D eigenvalue weighted by Gasteiger charge is 2.16. The van der Waals surface area contributed by atoms with E-state index in [2.05, 4.69) is 5.92 Å². The van der Waals surface area contributed by atoms with Gasteiger partial charge in [-0.15, -0.1) is 12.3 Å². The molecule has 0 bridgehead atoms. The normalized spacial score (nSPS) is 10.7. The topological polar surface area (TPSA) is 107 Å². The van der Waals surface area contributed by atoms with Crippen molar-refractivity contribution in [2.75, 3.05) is 6.61 Å². The van der Waals surface area contributed by atoms with E-state index in [1.165, 1.54) is 12.1 Å². The second kappa shape index (κ2) is 5.53. The Morgan fingerprint density at radius 2 is 2.17 bits per heavy atom. The van der Waals surface area contributed by atoms with E-state index in [1.807, 2.05) is 0 Å². The quantitative estimate of drug-likeness (QED) is 0.595. The molecule has 0 spiro atoms. The molecule has 1 rings (SSSR count). The van der Waals surface area contributed by atoms with E-state index in [0.29, 0.717) is 6.42 Å². The van der Waals surface area contributed by atoms with Crippen LogP contribution in [0.5, 0.6) is 5.75 Å². The molecule has 18 heavy (non-hydrogen) atoms. The van der Waals surface area contributed by atoms with Crippen LogP contribution >= 0.6 is 0 Å². The summed E-state index contributed by atoms with van der Waals surface area (Å²) in [5.74, 6) is 1.07. The van der Waals surface area contributed by atoms with E-state index in [4.69, 9.17) is 21.4 Å². The molecule has 0 fully saturated rings. The summed E-state index contributed by atoms with van der Waals surface area (Å²) in [4.78, 5) is 10.7. The van der Waals surface area contributed by atoms with Gasteiger partial charge >= 0.3 is 5.97 Å². The van der Waals surface area contributed by atoms with Crippen molar-refractivity contribution in [1.82, 2.24) is 0 Å². The maximum atomic E-state index is 11.1. The Morgan fingerprint density at radius 1 is 1.50 bits per heavy atom. The van der Waals surface area contributed by atoms with Crippen molar-refractivity contribution in [2.24, 2.45) is 5.14 Å². The summed E-state index contributed by atoms with van der Waals surface area (Å²) in [6.45, 7) is 0.144. The van der Waals surface area contributed by atoms with Crippen LogP contribution < -0.4 is 9.88 Å². The summed E-state index contributed by atoms with van der Waals surface area (Å²) in [7, 11) is -3.95. The summed E-state index contributed by atoms with van der Waals surface area (Å²) < 4.78 is 27.3. The van der Waals surface area contributed by atoms with Crippen LogP contribution in [0, 0.1) is 12.3 Å². The van der Waals surface area contributed by atoms with Gasteiger partial charge in [-0.2, -0.15) is 0 Å². The zero-order chi connectivity index (χ0) is 13.8. The number of carboxylic acid groups (broad SMARTS) is 1. The van der Waals surface area contributed by atoms with Crippen LogP contribution in [-0.4, -0.2) is 26.1 Å². The standard InChI is InChI=1S/C11H11NO5S/c1-2-3-6-17-10-5-4-8(18(12,15)16)7-9(10)11(13)14/h1,4-5,7H,3,6H2,(H,13,14)(H2,12,15,16). The number of aromatic carboxylic acids is 1. The summed E-state index contributed by atoms with van der Waals surface area (Å²) in [5, 5.41) is 13.9. The average Bonchev–Trinajstić information content (AvgIpc) is 2.28.